The third-order valence-electron chi connectivity index (χ3n) is 5.52. The number of carbonyl (C=O) groups excluding carboxylic acids is 1. The first-order chi connectivity index (χ1) is 17.7. The van der Waals surface area contributed by atoms with Gasteiger partial charge in [0.25, 0.3) is 0 Å². The SMILES string of the molecule is CC(=O)OCc1cc([C@@H](O)CNCCCCCCOCCOCc2cccc(S(N)(=O)=O)c2)ccc1O. The highest BCUT2D eigenvalue weighted by Crippen LogP contribution is 2.23. The second-order valence-electron chi connectivity index (χ2n) is 8.66. The number of ether oxygens (including phenoxy) is 3. The Morgan fingerprint density at radius 3 is 2.51 bits per heavy atom. The summed E-state index contributed by atoms with van der Waals surface area (Å²) in [6.45, 7) is 4.23. The van der Waals surface area contributed by atoms with E-state index in [1.54, 1.807) is 24.3 Å². The summed E-state index contributed by atoms with van der Waals surface area (Å²) in [5.74, 6) is -0.411. The van der Waals surface area contributed by atoms with E-state index in [-0.39, 0.29) is 23.9 Å². The van der Waals surface area contributed by atoms with E-state index in [0.717, 1.165) is 37.8 Å². The molecular weight excluding hydrogens is 500 g/mol. The van der Waals surface area contributed by atoms with Crippen molar-refractivity contribution in [1.82, 2.24) is 5.32 Å². The van der Waals surface area contributed by atoms with E-state index >= 15 is 0 Å². The molecule has 2 rings (SSSR count). The summed E-state index contributed by atoms with van der Waals surface area (Å²) in [5, 5.41) is 28.6. The molecular formula is C26H38N2O8S. The fourth-order valence-electron chi connectivity index (χ4n) is 3.49. The normalized spacial score (nSPS) is 12.4. The van der Waals surface area contributed by atoms with E-state index in [9.17, 15) is 23.4 Å². The molecule has 206 valence electrons. The van der Waals surface area contributed by atoms with Crippen molar-refractivity contribution in [2.45, 2.75) is 56.8 Å². The summed E-state index contributed by atoms with van der Waals surface area (Å²) in [7, 11) is -3.72. The number of carbonyl (C=O) groups is 1. The van der Waals surface area contributed by atoms with Gasteiger partial charge in [0.1, 0.15) is 12.4 Å². The maximum absolute atomic E-state index is 11.4. The number of hydrogen-bond donors (Lipinski definition) is 4. The quantitative estimate of drug-likeness (QED) is 0.165. The van der Waals surface area contributed by atoms with Gasteiger partial charge in [-0.15, -0.1) is 0 Å². The topological polar surface area (TPSA) is 157 Å². The fourth-order valence-corrected chi connectivity index (χ4v) is 4.08. The van der Waals surface area contributed by atoms with Gasteiger partial charge in [-0.25, -0.2) is 13.6 Å². The highest BCUT2D eigenvalue weighted by molar-refractivity contribution is 7.89. The van der Waals surface area contributed by atoms with Gasteiger partial charge in [0.05, 0.1) is 30.8 Å². The number of aromatic hydroxyl groups is 1. The van der Waals surface area contributed by atoms with Crippen molar-refractivity contribution in [2.24, 2.45) is 5.14 Å². The molecule has 0 aliphatic rings. The van der Waals surface area contributed by atoms with E-state index in [1.807, 2.05) is 0 Å². The van der Waals surface area contributed by atoms with Crippen molar-refractivity contribution in [2.75, 3.05) is 32.9 Å². The van der Waals surface area contributed by atoms with E-state index in [4.69, 9.17) is 19.3 Å². The molecule has 0 amide bonds. The zero-order valence-electron chi connectivity index (χ0n) is 21.2. The number of phenols is 1. The van der Waals surface area contributed by atoms with E-state index < -0.39 is 22.1 Å². The summed E-state index contributed by atoms with van der Waals surface area (Å²) in [6, 6.07) is 11.1. The van der Waals surface area contributed by atoms with E-state index in [0.29, 0.717) is 37.5 Å². The molecule has 11 heteroatoms. The number of esters is 1. The van der Waals surface area contributed by atoms with Crippen molar-refractivity contribution < 1.29 is 37.6 Å². The molecule has 0 unspecified atom stereocenters. The number of nitrogens with two attached hydrogens (primary N) is 1. The molecule has 0 radical (unpaired) electrons. The van der Waals surface area contributed by atoms with Gasteiger partial charge in [-0.1, -0.05) is 31.0 Å². The molecule has 5 N–H and O–H groups in total. The molecule has 0 saturated heterocycles. The number of nitrogens with one attached hydrogen (secondary N) is 1. The summed E-state index contributed by atoms with van der Waals surface area (Å²) in [4.78, 5) is 11.0. The number of aliphatic hydroxyl groups excluding tert-OH is 1. The Hall–Kier alpha value is -2.54. The van der Waals surface area contributed by atoms with Crippen LogP contribution in [0.5, 0.6) is 5.75 Å². The van der Waals surface area contributed by atoms with Crippen molar-refractivity contribution in [3.05, 3.63) is 59.2 Å². The Bertz CT molecular complexity index is 1080. The van der Waals surface area contributed by atoms with Crippen LogP contribution in [0, 0.1) is 0 Å². The number of sulfonamides is 1. The van der Waals surface area contributed by atoms with E-state index in [2.05, 4.69) is 5.32 Å². The number of unbranched alkanes of at least 4 members (excludes halogenated alkanes) is 3. The third-order valence-corrected chi connectivity index (χ3v) is 6.43. The van der Waals surface area contributed by atoms with Gasteiger partial charge in [0, 0.05) is 25.6 Å². The minimum Gasteiger partial charge on any atom is -0.508 e. The standard InChI is InChI=1S/C26H38N2O8S/c1-20(29)36-19-23-16-22(9-10-25(23)30)26(31)17-28-11-4-2-3-5-12-34-13-14-35-18-21-7-6-8-24(15-21)37(27,32)33/h6-10,15-16,26,28,30-31H,2-5,11-14,17-19H2,1H3,(H2,27,32,33)/t26-/m0/s1. The number of primary sulfonamides is 1. The molecule has 1 atom stereocenters. The van der Waals surface area contributed by atoms with Crippen molar-refractivity contribution in [3.63, 3.8) is 0 Å². The number of aliphatic hydroxyl groups is 1. The lowest BCUT2D eigenvalue weighted by Gasteiger charge is -2.14. The largest absolute Gasteiger partial charge is 0.508 e. The summed E-state index contributed by atoms with van der Waals surface area (Å²) < 4.78 is 38.8. The number of phenolic OH excluding ortho intramolecular Hbond substituents is 1. The average molecular weight is 539 g/mol. The third kappa shape index (κ3) is 12.5. The summed E-state index contributed by atoms with van der Waals surface area (Å²) in [5.41, 5.74) is 1.83. The molecule has 0 aliphatic heterocycles. The Morgan fingerprint density at radius 1 is 1.00 bits per heavy atom. The number of hydrogen-bond acceptors (Lipinski definition) is 9. The van der Waals surface area contributed by atoms with Crippen LogP contribution in [-0.2, 0) is 42.2 Å². The molecule has 2 aromatic rings. The van der Waals surface area contributed by atoms with E-state index in [1.165, 1.54) is 25.1 Å². The lowest BCUT2D eigenvalue weighted by atomic mass is 10.1. The highest BCUT2D eigenvalue weighted by atomic mass is 32.2. The molecule has 0 aliphatic carbocycles. The first-order valence-electron chi connectivity index (χ1n) is 12.3. The van der Waals surface area contributed by atoms with Crippen molar-refractivity contribution in [1.29, 1.82) is 0 Å². The molecule has 37 heavy (non-hydrogen) atoms. The minimum atomic E-state index is -3.72. The molecule has 0 aromatic heterocycles. The lowest BCUT2D eigenvalue weighted by Crippen LogP contribution is -2.22. The van der Waals surface area contributed by atoms with Gasteiger partial charge in [0.15, 0.2) is 0 Å². The average Bonchev–Trinajstić information content (AvgIpc) is 2.85. The van der Waals surface area contributed by atoms with Crippen molar-refractivity contribution in [3.8, 4) is 5.75 Å². The summed E-state index contributed by atoms with van der Waals surface area (Å²) >= 11 is 0. The monoisotopic (exact) mass is 538 g/mol. The minimum absolute atomic E-state index is 0.0230. The smallest absolute Gasteiger partial charge is 0.302 e. The molecule has 0 saturated carbocycles. The van der Waals surface area contributed by atoms with Crippen LogP contribution in [0.1, 0.15) is 55.4 Å². The van der Waals surface area contributed by atoms with Crippen molar-refractivity contribution >= 4 is 16.0 Å². The predicted molar refractivity (Wildman–Crippen MR) is 138 cm³/mol. The molecule has 2 aromatic carbocycles. The number of benzene rings is 2. The van der Waals surface area contributed by atoms with Crippen LogP contribution in [0.2, 0.25) is 0 Å². The Balaban J connectivity index is 1.47. The Labute approximate surface area is 218 Å². The second kappa shape index (κ2) is 16.3. The Morgan fingerprint density at radius 2 is 1.76 bits per heavy atom. The van der Waals surface area contributed by atoms with Crippen LogP contribution in [0.4, 0.5) is 0 Å². The van der Waals surface area contributed by atoms with Crippen LogP contribution in [0.3, 0.4) is 0 Å². The van der Waals surface area contributed by atoms with Gasteiger partial charge >= 0.3 is 5.97 Å². The fraction of sp³-hybridized carbons (Fsp3) is 0.500. The second-order valence-corrected chi connectivity index (χ2v) is 10.2. The molecule has 0 spiro atoms. The van der Waals surface area contributed by atoms with Gasteiger partial charge in [-0.2, -0.15) is 0 Å². The first kappa shape index (κ1) is 30.7. The van der Waals surface area contributed by atoms with Gasteiger partial charge < -0.3 is 29.7 Å². The van der Waals surface area contributed by atoms with Gasteiger partial charge in [0.2, 0.25) is 10.0 Å². The predicted octanol–water partition coefficient (Wildman–Crippen LogP) is 2.52. The molecule has 0 bridgehead atoms. The first-order valence-corrected chi connectivity index (χ1v) is 13.8. The maximum Gasteiger partial charge on any atom is 0.302 e. The van der Waals surface area contributed by atoms with Crippen LogP contribution < -0.4 is 10.5 Å². The summed E-state index contributed by atoms with van der Waals surface area (Å²) in [6.07, 6.45) is 3.25. The van der Waals surface area contributed by atoms with Crippen LogP contribution >= 0.6 is 0 Å². The highest BCUT2D eigenvalue weighted by Gasteiger charge is 2.11. The maximum atomic E-state index is 11.4. The zero-order chi connectivity index (χ0) is 27.1. The number of rotatable bonds is 18. The molecule has 10 nitrogen and oxygen atoms in total. The van der Waals surface area contributed by atoms with Gasteiger partial charge in [-0.3, -0.25) is 4.79 Å². The molecule has 0 fully saturated rings. The lowest BCUT2D eigenvalue weighted by molar-refractivity contribution is -0.142. The van der Waals surface area contributed by atoms with Gasteiger partial charge in [-0.05, 0) is 54.8 Å². The van der Waals surface area contributed by atoms with Crippen LogP contribution in [0.15, 0.2) is 47.4 Å². The van der Waals surface area contributed by atoms with Crippen LogP contribution in [-0.4, -0.2) is 57.5 Å². The van der Waals surface area contributed by atoms with Crippen LogP contribution in [0.25, 0.3) is 0 Å². The zero-order valence-corrected chi connectivity index (χ0v) is 22.0. The Kier molecular flexibility index (Phi) is 13.5. The molecule has 0 heterocycles.